The Labute approximate surface area is 90.1 Å². The van der Waals surface area contributed by atoms with Crippen molar-refractivity contribution in [3.63, 3.8) is 0 Å². The monoisotopic (exact) mass is 209 g/mol. The third-order valence-electron chi connectivity index (χ3n) is 2.17. The second-order valence-electron chi connectivity index (χ2n) is 3.28. The van der Waals surface area contributed by atoms with Gasteiger partial charge in [-0.15, -0.1) is 0 Å². The summed E-state index contributed by atoms with van der Waals surface area (Å²) >= 11 is 4.03. The molecule has 2 nitrogen and oxygen atoms in total. The predicted octanol–water partition coefficient (Wildman–Crippen LogP) is 1.96. The average molecular weight is 209 g/mol. The van der Waals surface area contributed by atoms with Crippen molar-refractivity contribution in [2.24, 2.45) is 0 Å². The SMILES string of the molecule is Cc1ccc(C(=O)NCCS)cc1C. The van der Waals surface area contributed by atoms with Gasteiger partial charge in [-0.2, -0.15) is 12.6 Å². The van der Waals surface area contributed by atoms with Crippen LogP contribution in [-0.4, -0.2) is 18.2 Å². The van der Waals surface area contributed by atoms with Crippen molar-refractivity contribution in [2.45, 2.75) is 13.8 Å². The second-order valence-corrected chi connectivity index (χ2v) is 3.73. The van der Waals surface area contributed by atoms with Crippen molar-refractivity contribution in [1.29, 1.82) is 0 Å². The highest BCUT2D eigenvalue weighted by atomic mass is 32.1. The molecular weight excluding hydrogens is 194 g/mol. The second kappa shape index (κ2) is 5.05. The lowest BCUT2D eigenvalue weighted by Crippen LogP contribution is -2.25. The van der Waals surface area contributed by atoms with Gasteiger partial charge in [0.25, 0.3) is 5.91 Å². The van der Waals surface area contributed by atoms with E-state index in [0.717, 1.165) is 11.1 Å². The summed E-state index contributed by atoms with van der Waals surface area (Å²) in [6.07, 6.45) is 0. The smallest absolute Gasteiger partial charge is 0.251 e. The number of carbonyl (C=O) groups is 1. The van der Waals surface area contributed by atoms with Gasteiger partial charge in [-0.05, 0) is 37.1 Å². The largest absolute Gasteiger partial charge is 0.351 e. The molecule has 0 saturated carbocycles. The molecule has 1 amide bonds. The Balaban J connectivity index is 2.76. The maximum absolute atomic E-state index is 11.5. The zero-order valence-corrected chi connectivity index (χ0v) is 9.40. The van der Waals surface area contributed by atoms with Crippen LogP contribution in [0.25, 0.3) is 0 Å². The molecule has 0 radical (unpaired) electrons. The minimum Gasteiger partial charge on any atom is -0.351 e. The summed E-state index contributed by atoms with van der Waals surface area (Å²) in [5, 5.41) is 2.78. The molecule has 1 rings (SSSR count). The van der Waals surface area contributed by atoms with Crippen LogP contribution in [0.1, 0.15) is 21.5 Å². The molecule has 0 heterocycles. The van der Waals surface area contributed by atoms with Crippen LogP contribution in [0.3, 0.4) is 0 Å². The lowest BCUT2D eigenvalue weighted by molar-refractivity contribution is 0.0956. The third-order valence-corrected chi connectivity index (χ3v) is 2.39. The number of aryl methyl sites for hydroxylation is 2. The molecule has 1 aromatic rings. The van der Waals surface area contributed by atoms with Crippen LogP contribution in [0.2, 0.25) is 0 Å². The van der Waals surface area contributed by atoms with Crippen LogP contribution in [-0.2, 0) is 0 Å². The minimum absolute atomic E-state index is 0.0258. The number of benzene rings is 1. The van der Waals surface area contributed by atoms with E-state index in [1.54, 1.807) is 0 Å². The van der Waals surface area contributed by atoms with Gasteiger partial charge in [0.1, 0.15) is 0 Å². The summed E-state index contributed by atoms with van der Waals surface area (Å²) in [6, 6.07) is 5.71. The molecule has 1 N–H and O–H groups in total. The Morgan fingerprint density at radius 1 is 1.36 bits per heavy atom. The van der Waals surface area contributed by atoms with E-state index in [1.807, 2.05) is 32.0 Å². The molecule has 0 bridgehead atoms. The summed E-state index contributed by atoms with van der Waals surface area (Å²) in [5.41, 5.74) is 3.06. The van der Waals surface area contributed by atoms with E-state index in [9.17, 15) is 4.79 Å². The van der Waals surface area contributed by atoms with Gasteiger partial charge in [-0.25, -0.2) is 0 Å². The molecular formula is C11H15NOS. The summed E-state index contributed by atoms with van der Waals surface area (Å²) < 4.78 is 0. The number of carbonyl (C=O) groups excluding carboxylic acids is 1. The van der Waals surface area contributed by atoms with E-state index in [0.29, 0.717) is 12.3 Å². The van der Waals surface area contributed by atoms with Gasteiger partial charge < -0.3 is 5.32 Å². The Hall–Kier alpha value is -0.960. The molecule has 76 valence electrons. The molecule has 14 heavy (non-hydrogen) atoms. The van der Waals surface area contributed by atoms with Gasteiger partial charge >= 0.3 is 0 Å². The molecule has 3 heteroatoms. The van der Waals surface area contributed by atoms with E-state index in [4.69, 9.17) is 0 Å². The maximum atomic E-state index is 11.5. The van der Waals surface area contributed by atoms with Crippen molar-refractivity contribution in [1.82, 2.24) is 5.32 Å². The van der Waals surface area contributed by atoms with Gasteiger partial charge in [0.15, 0.2) is 0 Å². The van der Waals surface area contributed by atoms with Gasteiger partial charge in [0.2, 0.25) is 0 Å². The van der Waals surface area contributed by atoms with Crippen LogP contribution in [0.5, 0.6) is 0 Å². The Bertz CT molecular complexity index is 336. The zero-order chi connectivity index (χ0) is 10.6. The highest BCUT2D eigenvalue weighted by molar-refractivity contribution is 7.80. The fraction of sp³-hybridized carbons (Fsp3) is 0.364. The van der Waals surface area contributed by atoms with Crippen molar-refractivity contribution in [3.05, 3.63) is 34.9 Å². The first-order chi connectivity index (χ1) is 6.65. The van der Waals surface area contributed by atoms with Crippen molar-refractivity contribution in [3.8, 4) is 0 Å². The first-order valence-electron chi connectivity index (χ1n) is 4.61. The first-order valence-corrected chi connectivity index (χ1v) is 5.24. The Kier molecular flexibility index (Phi) is 4.01. The van der Waals surface area contributed by atoms with E-state index in [2.05, 4.69) is 17.9 Å². The van der Waals surface area contributed by atoms with Crippen LogP contribution in [0.15, 0.2) is 18.2 Å². The minimum atomic E-state index is -0.0258. The molecule has 0 unspecified atom stereocenters. The predicted molar refractivity (Wildman–Crippen MR) is 62.1 cm³/mol. The molecule has 0 aliphatic carbocycles. The van der Waals surface area contributed by atoms with E-state index in [-0.39, 0.29) is 5.91 Å². The number of nitrogens with one attached hydrogen (secondary N) is 1. The summed E-state index contributed by atoms with van der Waals surface area (Å²) in [6.45, 7) is 4.64. The van der Waals surface area contributed by atoms with Crippen molar-refractivity contribution >= 4 is 18.5 Å². The molecule has 0 saturated heterocycles. The van der Waals surface area contributed by atoms with E-state index >= 15 is 0 Å². The summed E-state index contributed by atoms with van der Waals surface area (Å²) in [7, 11) is 0. The van der Waals surface area contributed by atoms with Crippen LogP contribution in [0.4, 0.5) is 0 Å². The summed E-state index contributed by atoms with van der Waals surface area (Å²) in [4.78, 5) is 11.5. The van der Waals surface area contributed by atoms with Gasteiger partial charge in [0, 0.05) is 17.9 Å². The van der Waals surface area contributed by atoms with Crippen LogP contribution in [0, 0.1) is 13.8 Å². The molecule has 0 spiro atoms. The molecule has 0 aliphatic heterocycles. The first kappa shape index (κ1) is 11.1. The van der Waals surface area contributed by atoms with E-state index < -0.39 is 0 Å². The number of rotatable bonds is 3. The fourth-order valence-electron chi connectivity index (χ4n) is 1.15. The lowest BCUT2D eigenvalue weighted by atomic mass is 10.1. The topological polar surface area (TPSA) is 29.1 Å². The van der Waals surface area contributed by atoms with Gasteiger partial charge in [-0.1, -0.05) is 6.07 Å². The van der Waals surface area contributed by atoms with Gasteiger partial charge in [0.05, 0.1) is 0 Å². The quantitative estimate of drug-likeness (QED) is 0.732. The normalized spacial score (nSPS) is 9.93. The van der Waals surface area contributed by atoms with Crippen LogP contribution < -0.4 is 5.32 Å². The summed E-state index contributed by atoms with van der Waals surface area (Å²) in [5.74, 6) is 0.637. The fourth-order valence-corrected chi connectivity index (χ4v) is 1.27. The lowest BCUT2D eigenvalue weighted by Gasteiger charge is -2.05. The standard InChI is InChI=1S/C11H15NOS/c1-8-3-4-10(7-9(8)2)11(13)12-5-6-14/h3-4,7,14H,5-6H2,1-2H3,(H,12,13). The molecule has 0 aromatic heterocycles. The highest BCUT2D eigenvalue weighted by Gasteiger charge is 2.04. The molecule has 0 aliphatic rings. The van der Waals surface area contributed by atoms with Gasteiger partial charge in [-0.3, -0.25) is 4.79 Å². The molecule has 1 aromatic carbocycles. The zero-order valence-electron chi connectivity index (χ0n) is 8.50. The number of amides is 1. The maximum Gasteiger partial charge on any atom is 0.251 e. The molecule has 0 fully saturated rings. The Morgan fingerprint density at radius 2 is 2.07 bits per heavy atom. The third kappa shape index (κ3) is 2.77. The molecule has 0 atom stereocenters. The van der Waals surface area contributed by atoms with Crippen molar-refractivity contribution in [2.75, 3.05) is 12.3 Å². The number of hydrogen-bond donors (Lipinski definition) is 2. The van der Waals surface area contributed by atoms with Crippen LogP contribution >= 0.6 is 12.6 Å². The Morgan fingerprint density at radius 3 is 2.64 bits per heavy atom. The highest BCUT2D eigenvalue weighted by Crippen LogP contribution is 2.09. The number of thiol groups is 1. The van der Waals surface area contributed by atoms with Crippen molar-refractivity contribution < 1.29 is 4.79 Å². The van der Waals surface area contributed by atoms with E-state index in [1.165, 1.54) is 5.56 Å². The number of hydrogen-bond acceptors (Lipinski definition) is 2. The average Bonchev–Trinajstić information content (AvgIpc) is 2.18.